The fourth-order valence-corrected chi connectivity index (χ4v) is 0.971. The van der Waals surface area contributed by atoms with Crippen molar-refractivity contribution >= 4 is 17.3 Å². The topological polar surface area (TPSA) is 21.3 Å². The van der Waals surface area contributed by atoms with Crippen molar-refractivity contribution < 1.29 is 4.74 Å². The molecule has 0 saturated carbocycles. The number of benzene rings is 1. The maximum absolute atomic E-state index is 5.35. The third kappa shape index (κ3) is 3.38. The molecule has 0 aromatic heterocycles. The van der Waals surface area contributed by atoms with E-state index in [0.29, 0.717) is 6.61 Å². The van der Waals surface area contributed by atoms with E-state index in [1.807, 2.05) is 31.3 Å². The van der Waals surface area contributed by atoms with Crippen molar-refractivity contribution in [1.82, 2.24) is 0 Å². The zero-order chi connectivity index (χ0) is 9.52. The van der Waals surface area contributed by atoms with E-state index in [1.165, 1.54) is 5.54 Å². The number of hydrogen-bond acceptors (Lipinski definition) is 2. The van der Waals surface area contributed by atoms with Gasteiger partial charge in [0, 0.05) is 18.3 Å². The van der Waals surface area contributed by atoms with Crippen LogP contribution in [0.15, 0.2) is 35.9 Å². The van der Waals surface area contributed by atoms with Gasteiger partial charge in [0.1, 0.15) is 12.4 Å². The summed E-state index contributed by atoms with van der Waals surface area (Å²) in [5, 5.41) is 3.03. The largest absolute Gasteiger partial charge is 0.490 e. The van der Waals surface area contributed by atoms with Gasteiger partial charge in [-0.2, -0.15) is 0 Å². The zero-order valence-corrected chi connectivity index (χ0v) is 8.21. The number of nitrogens with one attached hydrogen (secondary N) is 1. The Morgan fingerprint density at radius 3 is 2.62 bits per heavy atom. The lowest BCUT2D eigenvalue weighted by Gasteiger charge is -2.04. The SMILES string of the molecule is CNc1ccc(OC/C=C/Cl)cc1. The Balaban J connectivity index is 2.49. The standard InChI is InChI=1S/C10H12ClNO/c1-12-9-3-5-10(6-4-9)13-8-2-7-11/h2-7,12H,8H2,1H3/b7-2+. The molecule has 0 aliphatic rings. The summed E-state index contributed by atoms with van der Waals surface area (Å²) in [5.74, 6) is 0.841. The molecule has 2 nitrogen and oxygen atoms in total. The maximum atomic E-state index is 5.35. The normalized spacial score (nSPS) is 10.3. The van der Waals surface area contributed by atoms with Gasteiger partial charge in [-0.1, -0.05) is 11.6 Å². The summed E-state index contributed by atoms with van der Waals surface area (Å²) in [6.07, 6.45) is 1.74. The van der Waals surface area contributed by atoms with Crippen molar-refractivity contribution in [1.29, 1.82) is 0 Å². The molecular weight excluding hydrogens is 186 g/mol. The van der Waals surface area contributed by atoms with Gasteiger partial charge in [-0.15, -0.1) is 0 Å². The van der Waals surface area contributed by atoms with Crippen LogP contribution in [0.1, 0.15) is 0 Å². The van der Waals surface area contributed by atoms with E-state index < -0.39 is 0 Å². The molecule has 0 fully saturated rings. The summed E-state index contributed by atoms with van der Waals surface area (Å²) in [4.78, 5) is 0. The van der Waals surface area contributed by atoms with Crippen LogP contribution in [-0.4, -0.2) is 13.7 Å². The summed E-state index contributed by atoms with van der Waals surface area (Å²) in [6.45, 7) is 0.502. The predicted molar refractivity (Wildman–Crippen MR) is 56.5 cm³/mol. The summed E-state index contributed by atoms with van der Waals surface area (Å²) in [5.41, 5.74) is 2.52. The second-order valence-electron chi connectivity index (χ2n) is 2.45. The first-order valence-corrected chi connectivity index (χ1v) is 4.46. The van der Waals surface area contributed by atoms with E-state index in [1.54, 1.807) is 6.08 Å². The van der Waals surface area contributed by atoms with Crippen molar-refractivity contribution in [3.8, 4) is 5.75 Å². The Morgan fingerprint density at radius 1 is 1.38 bits per heavy atom. The van der Waals surface area contributed by atoms with Gasteiger partial charge in [0.25, 0.3) is 0 Å². The number of hydrogen-bond donors (Lipinski definition) is 1. The Bertz CT molecular complexity index is 269. The number of halogens is 1. The lowest BCUT2D eigenvalue weighted by atomic mass is 10.3. The Hall–Kier alpha value is -1.15. The molecule has 3 heteroatoms. The first kappa shape index (κ1) is 9.93. The molecule has 1 aromatic carbocycles. The van der Waals surface area contributed by atoms with Crippen molar-refractivity contribution in [3.63, 3.8) is 0 Å². The average molecular weight is 198 g/mol. The maximum Gasteiger partial charge on any atom is 0.119 e. The molecule has 0 atom stereocenters. The van der Waals surface area contributed by atoms with E-state index >= 15 is 0 Å². The molecule has 1 aromatic rings. The van der Waals surface area contributed by atoms with Gasteiger partial charge >= 0.3 is 0 Å². The van der Waals surface area contributed by atoms with Gasteiger partial charge < -0.3 is 10.1 Å². The molecule has 0 amide bonds. The highest BCUT2D eigenvalue weighted by Crippen LogP contribution is 2.14. The minimum Gasteiger partial charge on any atom is -0.490 e. The first-order valence-electron chi connectivity index (χ1n) is 4.02. The van der Waals surface area contributed by atoms with Crippen LogP contribution in [0.25, 0.3) is 0 Å². The fraction of sp³-hybridized carbons (Fsp3) is 0.200. The van der Waals surface area contributed by atoms with Crippen molar-refractivity contribution in [2.75, 3.05) is 19.0 Å². The van der Waals surface area contributed by atoms with Crippen LogP contribution in [0.3, 0.4) is 0 Å². The summed E-state index contributed by atoms with van der Waals surface area (Å²) >= 11 is 5.34. The van der Waals surface area contributed by atoms with Crippen LogP contribution >= 0.6 is 11.6 Å². The van der Waals surface area contributed by atoms with Crippen molar-refractivity contribution in [2.24, 2.45) is 0 Å². The molecule has 13 heavy (non-hydrogen) atoms. The van der Waals surface area contributed by atoms with Crippen LogP contribution in [0.5, 0.6) is 5.75 Å². The smallest absolute Gasteiger partial charge is 0.119 e. The van der Waals surface area contributed by atoms with Gasteiger partial charge in [-0.3, -0.25) is 0 Å². The first-order chi connectivity index (χ1) is 6.36. The third-order valence-corrected chi connectivity index (χ3v) is 1.76. The molecule has 0 unspecified atom stereocenters. The quantitative estimate of drug-likeness (QED) is 0.802. The average Bonchev–Trinajstić information content (AvgIpc) is 2.19. The van der Waals surface area contributed by atoms with E-state index in [9.17, 15) is 0 Å². The summed E-state index contributed by atoms with van der Waals surface area (Å²) in [6, 6.07) is 7.74. The molecule has 70 valence electrons. The highest BCUT2D eigenvalue weighted by molar-refractivity contribution is 6.25. The highest BCUT2D eigenvalue weighted by atomic mass is 35.5. The molecule has 0 aliphatic heterocycles. The Kier molecular flexibility index (Phi) is 4.19. The van der Waals surface area contributed by atoms with Crippen molar-refractivity contribution in [2.45, 2.75) is 0 Å². The lowest BCUT2D eigenvalue weighted by Crippen LogP contribution is -1.93. The molecule has 0 heterocycles. The fourth-order valence-electron chi connectivity index (χ4n) is 0.899. The monoisotopic (exact) mass is 197 g/mol. The molecule has 0 spiro atoms. The number of rotatable bonds is 4. The van der Waals surface area contributed by atoms with Gasteiger partial charge in [0.05, 0.1) is 0 Å². The Morgan fingerprint density at radius 2 is 2.08 bits per heavy atom. The van der Waals surface area contributed by atoms with Crippen molar-refractivity contribution in [3.05, 3.63) is 35.9 Å². The summed E-state index contributed by atoms with van der Waals surface area (Å²) in [7, 11) is 1.88. The van der Waals surface area contributed by atoms with Crippen LogP contribution in [-0.2, 0) is 0 Å². The highest BCUT2D eigenvalue weighted by Gasteiger charge is 1.91. The van der Waals surface area contributed by atoms with Gasteiger partial charge in [0.2, 0.25) is 0 Å². The number of ether oxygens (including phenoxy) is 1. The summed E-state index contributed by atoms with van der Waals surface area (Å²) < 4.78 is 5.35. The van der Waals surface area contributed by atoms with E-state index in [-0.39, 0.29) is 0 Å². The van der Waals surface area contributed by atoms with Crippen LogP contribution in [0.4, 0.5) is 5.69 Å². The zero-order valence-electron chi connectivity index (χ0n) is 7.46. The van der Waals surface area contributed by atoms with Gasteiger partial charge in [-0.05, 0) is 30.3 Å². The molecular formula is C10H12ClNO. The molecule has 0 radical (unpaired) electrons. The van der Waals surface area contributed by atoms with E-state index in [2.05, 4.69) is 5.32 Å². The molecule has 1 rings (SSSR count). The van der Waals surface area contributed by atoms with Gasteiger partial charge in [-0.25, -0.2) is 0 Å². The van der Waals surface area contributed by atoms with Crippen LogP contribution < -0.4 is 10.1 Å². The number of anilines is 1. The minimum absolute atomic E-state index is 0.502. The van der Waals surface area contributed by atoms with E-state index in [0.717, 1.165) is 11.4 Å². The van der Waals surface area contributed by atoms with Crippen LogP contribution in [0, 0.1) is 0 Å². The molecule has 0 saturated heterocycles. The van der Waals surface area contributed by atoms with Gasteiger partial charge in [0.15, 0.2) is 0 Å². The second-order valence-corrected chi connectivity index (χ2v) is 2.70. The second kappa shape index (κ2) is 5.49. The van der Waals surface area contributed by atoms with Crippen LogP contribution in [0.2, 0.25) is 0 Å². The predicted octanol–water partition coefficient (Wildman–Crippen LogP) is 2.86. The molecule has 0 bridgehead atoms. The lowest BCUT2D eigenvalue weighted by molar-refractivity contribution is 0.363. The Labute approximate surface area is 83.2 Å². The molecule has 1 N–H and O–H groups in total. The third-order valence-electron chi connectivity index (χ3n) is 1.58. The van der Waals surface area contributed by atoms with E-state index in [4.69, 9.17) is 16.3 Å². The molecule has 0 aliphatic carbocycles. The minimum atomic E-state index is 0.502.